The number of ether oxygens (including phenoxy) is 1. The molecule has 3 nitrogen and oxygen atoms in total. The molecule has 16 heavy (non-hydrogen) atoms. The highest BCUT2D eigenvalue weighted by molar-refractivity contribution is 8.13. The molecule has 5 heteroatoms. The average Bonchev–Trinajstić information content (AvgIpc) is 2.13. The molecule has 0 N–H and O–H groups in total. The molecule has 0 aromatic rings. The van der Waals surface area contributed by atoms with Crippen molar-refractivity contribution in [1.29, 1.82) is 0 Å². The van der Waals surface area contributed by atoms with Crippen molar-refractivity contribution in [2.75, 3.05) is 12.4 Å². The van der Waals surface area contributed by atoms with E-state index in [1.54, 1.807) is 0 Å². The van der Waals surface area contributed by atoms with Crippen LogP contribution in [0.4, 0.5) is 0 Å². The molecule has 96 valence electrons. The highest BCUT2D eigenvalue weighted by Crippen LogP contribution is 2.19. The molecule has 0 aromatic carbocycles. The molecule has 0 amide bonds. The van der Waals surface area contributed by atoms with Crippen molar-refractivity contribution in [1.82, 2.24) is 0 Å². The lowest BCUT2D eigenvalue weighted by molar-refractivity contribution is 0.0362. The van der Waals surface area contributed by atoms with Crippen LogP contribution >= 0.6 is 10.7 Å². The average molecular weight is 269 g/mol. The van der Waals surface area contributed by atoms with E-state index in [1.807, 2.05) is 0 Å². The summed E-state index contributed by atoms with van der Waals surface area (Å²) in [7, 11) is 1.77. The van der Waals surface area contributed by atoms with E-state index in [4.69, 9.17) is 15.4 Å². The second-order valence-electron chi connectivity index (χ2n) is 4.43. The molecule has 1 aliphatic carbocycles. The van der Waals surface area contributed by atoms with E-state index in [2.05, 4.69) is 0 Å². The first-order valence-corrected chi connectivity index (χ1v) is 8.60. The molecule has 0 aliphatic heterocycles. The third-order valence-electron chi connectivity index (χ3n) is 2.94. The van der Waals surface area contributed by atoms with E-state index in [0.29, 0.717) is 19.1 Å². The SMILES string of the molecule is O=S(=O)(Cl)CCCOC1CCCCCCC1. The summed E-state index contributed by atoms with van der Waals surface area (Å²) in [5.74, 6) is 0.0152. The van der Waals surface area contributed by atoms with Crippen molar-refractivity contribution in [2.45, 2.75) is 57.5 Å². The van der Waals surface area contributed by atoms with Gasteiger partial charge in [0.25, 0.3) is 0 Å². The molecule has 0 aromatic heterocycles. The second kappa shape index (κ2) is 7.51. The standard InChI is InChI=1S/C11H21ClO3S/c12-16(13,14)10-6-9-15-11-7-4-2-1-3-5-8-11/h11H,1-10H2. The molecule has 1 rings (SSSR count). The fraction of sp³-hybridized carbons (Fsp3) is 1.00. The summed E-state index contributed by atoms with van der Waals surface area (Å²) in [6, 6.07) is 0. The largest absolute Gasteiger partial charge is 0.378 e. The molecule has 1 saturated carbocycles. The predicted molar refractivity (Wildman–Crippen MR) is 66.3 cm³/mol. The number of hydrogen-bond donors (Lipinski definition) is 0. The zero-order valence-electron chi connectivity index (χ0n) is 9.66. The van der Waals surface area contributed by atoms with Gasteiger partial charge in [0.05, 0.1) is 11.9 Å². The Kier molecular flexibility index (Phi) is 6.70. The molecule has 0 unspecified atom stereocenters. The van der Waals surface area contributed by atoms with Crippen LogP contribution in [-0.2, 0) is 13.8 Å². The Morgan fingerprint density at radius 1 is 1.06 bits per heavy atom. The Balaban J connectivity index is 2.10. The first kappa shape index (κ1) is 14.3. The fourth-order valence-corrected chi connectivity index (χ4v) is 2.86. The zero-order chi connectivity index (χ0) is 11.9. The molecule has 1 aliphatic rings. The van der Waals surface area contributed by atoms with E-state index in [9.17, 15) is 8.42 Å². The summed E-state index contributed by atoms with van der Waals surface area (Å²) < 4.78 is 27.1. The van der Waals surface area contributed by atoms with Gasteiger partial charge < -0.3 is 4.74 Å². The van der Waals surface area contributed by atoms with Crippen molar-refractivity contribution < 1.29 is 13.2 Å². The third kappa shape index (κ3) is 7.47. The van der Waals surface area contributed by atoms with Crippen LogP contribution in [0.15, 0.2) is 0 Å². The van der Waals surface area contributed by atoms with Gasteiger partial charge in [0.1, 0.15) is 0 Å². The monoisotopic (exact) mass is 268 g/mol. The Hall–Kier alpha value is 0.200. The molecule has 0 radical (unpaired) electrons. The van der Waals surface area contributed by atoms with Crippen molar-refractivity contribution >= 4 is 19.7 Å². The predicted octanol–water partition coefficient (Wildman–Crippen LogP) is 3.07. The molecule has 0 spiro atoms. The van der Waals surface area contributed by atoms with Crippen LogP contribution in [0.1, 0.15) is 51.4 Å². The quantitative estimate of drug-likeness (QED) is 0.569. The van der Waals surface area contributed by atoms with Gasteiger partial charge in [0.2, 0.25) is 9.05 Å². The molecular weight excluding hydrogens is 248 g/mol. The minimum absolute atomic E-state index is 0.0152. The van der Waals surface area contributed by atoms with Gasteiger partial charge in [-0.1, -0.05) is 32.1 Å². The van der Waals surface area contributed by atoms with Gasteiger partial charge in [-0.05, 0) is 19.3 Å². The second-order valence-corrected chi connectivity index (χ2v) is 7.33. The summed E-state index contributed by atoms with van der Waals surface area (Å²) in [4.78, 5) is 0. The highest BCUT2D eigenvalue weighted by atomic mass is 35.7. The smallest absolute Gasteiger partial charge is 0.232 e. The molecule has 1 fully saturated rings. The Morgan fingerprint density at radius 3 is 2.19 bits per heavy atom. The summed E-state index contributed by atoms with van der Waals surface area (Å²) in [5.41, 5.74) is 0. The van der Waals surface area contributed by atoms with E-state index in [-0.39, 0.29) is 5.75 Å². The van der Waals surface area contributed by atoms with Crippen LogP contribution in [0, 0.1) is 0 Å². The molecule has 0 atom stereocenters. The lowest BCUT2D eigenvalue weighted by Crippen LogP contribution is -2.16. The molecule has 0 saturated heterocycles. The van der Waals surface area contributed by atoms with Gasteiger partial charge in [0, 0.05) is 17.3 Å². The fourth-order valence-electron chi connectivity index (χ4n) is 2.07. The van der Waals surface area contributed by atoms with E-state index < -0.39 is 9.05 Å². The third-order valence-corrected chi connectivity index (χ3v) is 4.18. The first-order chi connectivity index (χ1) is 7.58. The van der Waals surface area contributed by atoms with Gasteiger partial charge in [-0.2, -0.15) is 0 Å². The van der Waals surface area contributed by atoms with Crippen LogP contribution in [0.5, 0.6) is 0 Å². The van der Waals surface area contributed by atoms with Crippen molar-refractivity contribution in [3.8, 4) is 0 Å². The van der Waals surface area contributed by atoms with Crippen LogP contribution in [0.25, 0.3) is 0 Å². The van der Waals surface area contributed by atoms with E-state index in [0.717, 1.165) is 12.8 Å². The van der Waals surface area contributed by atoms with Gasteiger partial charge in [-0.15, -0.1) is 0 Å². The van der Waals surface area contributed by atoms with Crippen molar-refractivity contribution in [3.63, 3.8) is 0 Å². The van der Waals surface area contributed by atoms with Gasteiger partial charge >= 0.3 is 0 Å². The summed E-state index contributed by atoms with van der Waals surface area (Å²) in [5, 5.41) is 0. The minimum Gasteiger partial charge on any atom is -0.378 e. The maximum absolute atomic E-state index is 10.7. The highest BCUT2D eigenvalue weighted by Gasteiger charge is 2.12. The number of halogens is 1. The topological polar surface area (TPSA) is 43.4 Å². The molecule has 0 heterocycles. The van der Waals surface area contributed by atoms with E-state index >= 15 is 0 Å². The van der Waals surface area contributed by atoms with Crippen LogP contribution in [0.2, 0.25) is 0 Å². The maximum Gasteiger partial charge on any atom is 0.232 e. The van der Waals surface area contributed by atoms with Gasteiger partial charge in [-0.3, -0.25) is 0 Å². The zero-order valence-corrected chi connectivity index (χ0v) is 11.2. The van der Waals surface area contributed by atoms with Crippen molar-refractivity contribution in [2.24, 2.45) is 0 Å². The Labute approximate surface area is 103 Å². The van der Waals surface area contributed by atoms with Gasteiger partial charge in [0.15, 0.2) is 0 Å². The Bertz CT molecular complexity index is 269. The lowest BCUT2D eigenvalue weighted by Gasteiger charge is -2.20. The summed E-state index contributed by atoms with van der Waals surface area (Å²) >= 11 is 0. The molecule has 0 bridgehead atoms. The first-order valence-electron chi connectivity index (χ1n) is 6.12. The van der Waals surface area contributed by atoms with Crippen LogP contribution in [0.3, 0.4) is 0 Å². The van der Waals surface area contributed by atoms with Gasteiger partial charge in [-0.25, -0.2) is 8.42 Å². The minimum atomic E-state index is -3.35. The number of hydrogen-bond acceptors (Lipinski definition) is 3. The molecular formula is C11H21ClO3S. The maximum atomic E-state index is 10.7. The van der Waals surface area contributed by atoms with E-state index in [1.165, 1.54) is 32.1 Å². The normalized spacial score (nSPS) is 20.3. The Morgan fingerprint density at radius 2 is 1.62 bits per heavy atom. The summed E-state index contributed by atoms with van der Waals surface area (Å²) in [6.07, 6.45) is 9.49. The van der Waals surface area contributed by atoms with Crippen molar-refractivity contribution in [3.05, 3.63) is 0 Å². The lowest BCUT2D eigenvalue weighted by atomic mass is 9.99. The number of rotatable bonds is 5. The summed E-state index contributed by atoms with van der Waals surface area (Å²) in [6.45, 7) is 0.511. The van der Waals surface area contributed by atoms with Crippen LogP contribution in [-0.4, -0.2) is 26.9 Å². The van der Waals surface area contributed by atoms with Crippen LogP contribution < -0.4 is 0 Å².